The first-order valence-corrected chi connectivity index (χ1v) is 12.5. The molecule has 202 valence electrons. The van der Waals surface area contributed by atoms with Crippen molar-refractivity contribution < 1.29 is 33.7 Å². The average molecular weight is 530 g/mol. The summed E-state index contributed by atoms with van der Waals surface area (Å²) in [5.41, 5.74) is 2.45. The predicted octanol–water partition coefficient (Wildman–Crippen LogP) is 5.45. The van der Waals surface area contributed by atoms with Gasteiger partial charge in [0, 0.05) is 11.8 Å². The van der Waals surface area contributed by atoms with Crippen LogP contribution in [0.25, 0.3) is 5.76 Å². The van der Waals surface area contributed by atoms with Crippen LogP contribution in [0.1, 0.15) is 46.9 Å². The summed E-state index contributed by atoms with van der Waals surface area (Å²) in [6.07, 6.45) is 0. The first-order valence-electron chi connectivity index (χ1n) is 12.5. The highest BCUT2D eigenvalue weighted by atomic mass is 16.5. The van der Waals surface area contributed by atoms with Gasteiger partial charge in [-0.2, -0.15) is 0 Å². The van der Waals surface area contributed by atoms with Crippen LogP contribution >= 0.6 is 0 Å². The lowest BCUT2D eigenvalue weighted by atomic mass is 9.94. The van der Waals surface area contributed by atoms with E-state index in [2.05, 4.69) is 0 Å². The Morgan fingerprint density at radius 2 is 1.69 bits per heavy atom. The topological polar surface area (TPSA) is 102 Å². The zero-order valence-corrected chi connectivity index (χ0v) is 22.6. The van der Waals surface area contributed by atoms with Gasteiger partial charge < -0.3 is 19.3 Å². The molecule has 1 fully saturated rings. The molecule has 0 spiro atoms. The third kappa shape index (κ3) is 5.50. The molecule has 0 radical (unpaired) electrons. The highest BCUT2D eigenvalue weighted by molar-refractivity contribution is 6.51. The number of nitrogens with zero attached hydrogens (tertiary/aromatic N) is 1. The first kappa shape index (κ1) is 27.4. The Bertz CT molecular complexity index is 1440. The van der Waals surface area contributed by atoms with Gasteiger partial charge in [-0.25, -0.2) is 4.79 Å². The van der Waals surface area contributed by atoms with E-state index in [-0.39, 0.29) is 35.2 Å². The van der Waals surface area contributed by atoms with Gasteiger partial charge in [-0.05, 0) is 54.8 Å². The Morgan fingerprint density at radius 3 is 2.31 bits per heavy atom. The molecule has 8 nitrogen and oxygen atoms in total. The van der Waals surface area contributed by atoms with Crippen molar-refractivity contribution in [3.63, 3.8) is 0 Å². The number of amides is 1. The van der Waals surface area contributed by atoms with Gasteiger partial charge in [0.25, 0.3) is 11.7 Å². The Morgan fingerprint density at radius 1 is 0.974 bits per heavy atom. The number of aliphatic hydroxyl groups excluding tert-OH is 1. The zero-order valence-electron chi connectivity index (χ0n) is 22.6. The second-order valence-electron chi connectivity index (χ2n) is 9.69. The number of anilines is 1. The van der Waals surface area contributed by atoms with Crippen LogP contribution in [0, 0.1) is 12.8 Å². The van der Waals surface area contributed by atoms with E-state index in [0.29, 0.717) is 22.6 Å². The van der Waals surface area contributed by atoms with Gasteiger partial charge in [-0.3, -0.25) is 14.5 Å². The van der Waals surface area contributed by atoms with Crippen LogP contribution in [0.15, 0.2) is 72.3 Å². The molecule has 1 heterocycles. The van der Waals surface area contributed by atoms with E-state index in [0.717, 1.165) is 5.56 Å². The molecule has 1 saturated heterocycles. The highest BCUT2D eigenvalue weighted by Gasteiger charge is 2.47. The standard InChI is InChI=1S/C31H31NO7/c1-18(2)17-39-31(36)20-9-11-22(12-10-20)32-27(21-8-6-7-19(3)15-21)26(29(34)30(32)35)28(33)24-14-13-23(37-4)16-25(24)38-5/h6-16,18,27,33H,17H2,1-5H3/b28-26-. The minimum atomic E-state index is -0.921. The number of carbonyl (C=O) groups excluding carboxylic acids is 3. The molecule has 1 unspecified atom stereocenters. The van der Waals surface area contributed by atoms with E-state index in [1.54, 1.807) is 48.5 Å². The van der Waals surface area contributed by atoms with Crippen LogP contribution in [-0.4, -0.2) is 43.6 Å². The Hall–Kier alpha value is -4.59. The van der Waals surface area contributed by atoms with Crippen LogP contribution in [0.2, 0.25) is 0 Å². The number of rotatable bonds is 8. The van der Waals surface area contributed by atoms with E-state index in [1.807, 2.05) is 39.0 Å². The molecule has 0 bridgehead atoms. The Kier molecular flexibility index (Phi) is 8.04. The molecule has 1 N–H and O–H groups in total. The summed E-state index contributed by atoms with van der Waals surface area (Å²) >= 11 is 0. The smallest absolute Gasteiger partial charge is 0.338 e. The number of Topliss-reactive ketones (excluding diaryl/α,β-unsaturated/α-hetero) is 1. The summed E-state index contributed by atoms with van der Waals surface area (Å²) in [5, 5.41) is 11.5. The Balaban J connectivity index is 1.84. The fourth-order valence-corrected chi connectivity index (χ4v) is 4.48. The van der Waals surface area contributed by atoms with Gasteiger partial charge in [-0.1, -0.05) is 43.7 Å². The van der Waals surface area contributed by atoms with E-state index < -0.39 is 23.7 Å². The molecule has 0 aromatic heterocycles. The molecule has 0 saturated carbocycles. The van der Waals surface area contributed by atoms with Crippen molar-refractivity contribution in [3.05, 3.63) is 94.6 Å². The zero-order chi connectivity index (χ0) is 28.3. The van der Waals surface area contributed by atoms with Crippen LogP contribution in [0.5, 0.6) is 11.5 Å². The largest absolute Gasteiger partial charge is 0.507 e. The van der Waals surface area contributed by atoms with Crippen LogP contribution in [0.3, 0.4) is 0 Å². The number of ether oxygens (including phenoxy) is 3. The number of hydrogen-bond acceptors (Lipinski definition) is 7. The molecule has 1 atom stereocenters. The summed E-state index contributed by atoms with van der Waals surface area (Å²) in [6.45, 7) is 6.08. The fourth-order valence-electron chi connectivity index (χ4n) is 4.48. The molecule has 3 aromatic carbocycles. The molecule has 4 rings (SSSR count). The van der Waals surface area contributed by atoms with E-state index in [9.17, 15) is 19.5 Å². The summed E-state index contributed by atoms with van der Waals surface area (Å²) < 4.78 is 16.0. The van der Waals surface area contributed by atoms with Gasteiger partial charge in [0.2, 0.25) is 0 Å². The molecular weight excluding hydrogens is 498 g/mol. The molecule has 0 aliphatic carbocycles. The molecule has 39 heavy (non-hydrogen) atoms. The lowest BCUT2D eigenvalue weighted by Crippen LogP contribution is -2.29. The van der Waals surface area contributed by atoms with Crippen molar-refractivity contribution in [2.24, 2.45) is 5.92 Å². The number of hydrogen-bond donors (Lipinski definition) is 1. The summed E-state index contributed by atoms with van der Waals surface area (Å²) in [7, 11) is 2.95. The monoisotopic (exact) mass is 529 g/mol. The first-order chi connectivity index (χ1) is 18.7. The maximum absolute atomic E-state index is 13.5. The number of carbonyl (C=O) groups is 3. The Labute approximate surface area is 227 Å². The predicted molar refractivity (Wildman–Crippen MR) is 147 cm³/mol. The van der Waals surface area contributed by atoms with Crippen molar-refractivity contribution in [1.82, 2.24) is 0 Å². The average Bonchev–Trinajstić information content (AvgIpc) is 3.21. The normalized spacial score (nSPS) is 16.5. The van der Waals surface area contributed by atoms with Gasteiger partial charge >= 0.3 is 5.97 Å². The summed E-state index contributed by atoms with van der Waals surface area (Å²) in [4.78, 5) is 40.7. The van der Waals surface area contributed by atoms with Crippen LogP contribution in [0.4, 0.5) is 5.69 Å². The molecule has 3 aromatic rings. The minimum absolute atomic E-state index is 0.0745. The molecule has 1 aliphatic rings. The molecule has 1 aliphatic heterocycles. The summed E-state index contributed by atoms with van der Waals surface area (Å²) in [6, 6.07) is 17.5. The van der Waals surface area contributed by atoms with Gasteiger partial charge in [0.15, 0.2) is 0 Å². The van der Waals surface area contributed by atoms with Crippen molar-refractivity contribution in [2.45, 2.75) is 26.8 Å². The molecular formula is C31H31NO7. The third-order valence-electron chi connectivity index (χ3n) is 6.40. The van der Waals surface area contributed by atoms with Crippen molar-refractivity contribution >= 4 is 29.1 Å². The second kappa shape index (κ2) is 11.4. The second-order valence-corrected chi connectivity index (χ2v) is 9.69. The number of aryl methyl sites for hydroxylation is 1. The van der Waals surface area contributed by atoms with Crippen LogP contribution in [-0.2, 0) is 14.3 Å². The van der Waals surface area contributed by atoms with E-state index in [4.69, 9.17) is 14.2 Å². The summed E-state index contributed by atoms with van der Waals surface area (Å²) in [5.74, 6) is -1.49. The molecule has 8 heteroatoms. The quantitative estimate of drug-likeness (QED) is 0.179. The lowest BCUT2D eigenvalue weighted by molar-refractivity contribution is -0.132. The van der Waals surface area contributed by atoms with Crippen molar-refractivity contribution in [1.29, 1.82) is 0 Å². The van der Waals surface area contributed by atoms with E-state index in [1.165, 1.54) is 19.1 Å². The van der Waals surface area contributed by atoms with Gasteiger partial charge in [-0.15, -0.1) is 0 Å². The van der Waals surface area contributed by atoms with E-state index >= 15 is 0 Å². The number of benzene rings is 3. The van der Waals surface area contributed by atoms with Crippen LogP contribution < -0.4 is 14.4 Å². The third-order valence-corrected chi connectivity index (χ3v) is 6.40. The SMILES string of the molecule is COc1ccc(/C(O)=C2/C(=O)C(=O)N(c3ccc(C(=O)OCC(C)C)cc3)C2c2cccc(C)c2)c(OC)c1. The maximum atomic E-state index is 13.5. The van der Waals surface area contributed by atoms with Gasteiger partial charge in [0.05, 0.1) is 43.6 Å². The highest BCUT2D eigenvalue weighted by Crippen LogP contribution is 2.43. The number of methoxy groups -OCH3 is 2. The lowest BCUT2D eigenvalue weighted by Gasteiger charge is -2.26. The van der Waals surface area contributed by atoms with Crippen molar-refractivity contribution in [2.75, 3.05) is 25.7 Å². The number of esters is 1. The fraction of sp³-hybridized carbons (Fsp3) is 0.258. The number of aliphatic hydroxyl groups is 1. The van der Waals surface area contributed by atoms with Crippen molar-refractivity contribution in [3.8, 4) is 11.5 Å². The maximum Gasteiger partial charge on any atom is 0.338 e. The minimum Gasteiger partial charge on any atom is -0.507 e. The number of ketones is 1. The van der Waals surface area contributed by atoms with Gasteiger partial charge in [0.1, 0.15) is 17.3 Å². The molecule has 1 amide bonds.